The fraction of sp³-hybridized carbons (Fsp3) is 0.667. The number of hydrogen-bond donors (Lipinski definition) is 1. The number of carbonyl (C=O) groups excluding carboxylic acids is 1. The summed E-state index contributed by atoms with van der Waals surface area (Å²) < 4.78 is 0. The van der Waals surface area contributed by atoms with Gasteiger partial charge < -0.3 is 5.11 Å². The first-order chi connectivity index (χ1) is 3.65. The average Bonchev–Trinajstić information content (AvgIpc) is 1.65. The van der Waals surface area contributed by atoms with Crippen LogP contribution in [-0.2, 0) is 4.79 Å². The molecule has 0 fully saturated rings. The van der Waals surface area contributed by atoms with Crippen molar-refractivity contribution in [2.75, 3.05) is 0 Å². The number of aliphatic hydroxyl groups is 1. The number of aliphatic hydroxyl groups excluding tert-OH is 1. The van der Waals surface area contributed by atoms with Crippen molar-refractivity contribution in [3.05, 3.63) is 6.08 Å². The van der Waals surface area contributed by atoms with Crippen molar-refractivity contribution in [2.24, 2.45) is 0 Å². The van der Waals surface area contributed by atoms with E-state index in [9.17, 15) is 0 Å². The lowest BCUT2D eigenvalue weighted by molar-refractivity contribution is 0.216. The maximum atomic E-state index is 8.99. The number of allylic oxidation sites excluding steroid dienone is 1. The van der Waals surface area contributed by atoms with Gasteiger partial charge >= 0.3 is 0 Å². The van der Waals surface area contributed by atoms with Gasteiger partial charge in [0.25, 0.3) is 0 Å². The first-order valence-corrected chi connectivity index (χ1v) is 2.48. The Labute approximate surface area is 49.8 Å². The van der Waals surface area contributed by atoms with Crippen LogP contribution in [0.4, 0.5) is 0 Å². The van der Waals surface area contributed by atoms with E-state index in [0.717, 1.165) is 0 Å². The molecule has 0 bridgehead atoms. The Hall–Kier alpha value is -0.590. The Kier molecular flexibility index (Phi) is 12.5. The molecule has 0 aromatic heterocycles. The van der Waals surface area contributed by atoms with E-state index < -0.39 is 0 Å². The minimum absolute atomic E-state index is 0.167. The second kappa shape index (κ2) is 9.65. The molecule has 0 spiro atoms. The Morgan fingerprint density at radius 3 is 1.75 bits per heavy atom. The third kappa shape index (κ3) is 626. The first kappa shape index (κ1) is 10.4. The standard InChI is InChI=1S/C3H8O.C3H4O/c1-3(2)4;1-2-3-4/h3-4H,1-2H3;2H,1H3. The van der Waals surface area contributed by atoms with Gasteiger partial charge in [0.2, 0.25) is 0 Å². The third-order valence-electron chi connectivity index (χ3n) is 0.118. The smallest absolute Gasteiger partial charge is 0.119 e. The summed E-state index contributed by atoms with van der Waals surface area (Å²) in [5.41, 5.74) is 0. The molecule has 8 heavy (non-hydrogen) atoms. The molecule has 0 aromatic rings. The molecule has 0 rings (SSSR count). The molecule has 0 aliphatic carbocycles. The van der Waals surface area contributed by atoms with Gasteiger partial charge in [0, 0.05) is 6.10 Å². The SMILES string of the molecule is CC(C)O.CC=C=O. The summed E-state index contributed by atoms with van der Waals surface area (Å²) in [6.07, 6.45) is 1.15. The second-order valence-electron chi connectivity index (χ2n) is 1.50. The van der Waals surface area contributed by atoms with E-state index in [-0.39, 0.29) is 6.10 Å². The third-order valence-corrected chi connectivity index (χ3v) is 0.118. The van der Waals surface area contributed by atoms with Gasteiger partial charge in [-0.25, -0.2) is 4.79 Å². The van der Waals surface area contributed by atoms with Gasteiger partial charge in [0.05, 0.1) is 0 Å². The molecular formula is C6H12O2. The van der Waals surface area contributed by atoms with Gasteiger partial charge in [-0.2, -0.15) is 0 Å². The fourth-order valence-corrected chi connectivity index (χ4v) is 0. The summed E-state index contributed by atoms with van der Waals surface area (Å²) in [6.45, 7) is 5.08. The zero-order chi connectivity index (χ0) is 6.99. The predicted molar refractivity (Wildman–Crippen MR) is 33.3 cm³/mol. The van der Waals surface area contributed by atoms with Crippen molar-refractivity contribution in [3.8, 4) is 0 Å². The van der Waals surface area contributed by atoms with Crippen molar-refractivity contribution < 1.29 is 9.90 Å². The van der Waals surface area contributed by atoms with Crippen molar-refractivity contribution in [3.63, 3.8) is 0 Å². The highest BCUT2D eigenvalue weighted by Crippen LogP contribution is 1.65. The van der Waals surface area contributed by atoms with Crippen molar-refractivity contribution >= 4 is 5.94 Å². The van der Waals surface area contributed by atoms with Crippen LogP contribution in [0.15, 0.2) is 6.08 Å². The van der Waals surface area contributed by atoms with Gasteiger partial charge in [-0.3, -0.25) is 0 Å². The Morgan fingerprint density at radius 2 is 1.75 bits per heavy atom. The molecule has 1 N–H and O–H groups in total. The lowest BCUT2D eigenvalue weighted by atomic mass is 10.5. The molecule has 0 aliphatic rings. The van der Waals surface area contributed by atoms with Crippen molar-refractivity contribution in [1.29, 1.82) is 0 Å². The van der Waals surface area contributed by atoms with Crippen LogP contribution in [-0.4, -0.2) is 17.2 Å². The molecule has 0 amide bonds. The van der Waals surface area contributed by atoms with E-state index in [2.05, 4.69) is 0 Å². The Balaban J connectivity index is 0. The molecule has 0 aliphatic heterocycles. The average molecular weight is 116 g/mol. The fourth-order valence-electron chi connectivity index (χ4n) is 0. The Bertz CT molecular complexity index is 67.8. The highest BCUT2D eigenvalue weighted by Gasteiger charge is 1.69. The Morgan fingerprint density at radius 1 is 1.62 bits per heavy atom. The highest BCUT2D eigenvalue weighted by atomic mass is 16.3. The molecule has 0 unspecified atom stereocenters. The van der Waals surface area contributed by atoms with Crippen LogP contribution >= 0.6 is 0 Å². The summed E-state index contributed by atoms with van der Waals surface area (Å²) in [5, 5.41) is 8.06. The molecule has 0 aromatic carbocycles. The van der Waals surface area contributed by atoms with Crippen LogP contribution in [0.5, 0.6) is 0 Å². The van der Waals surface area contributed by atoms with E-state index in [1.165, 1.54) is 6.08 Å². The van der Waals surface area contributed by atoms with E-state index in [0.29, 0.717) is 0 Å². The lowest BCUT2D eigenvalue weighted by Crippen LogP contribution is -1.85. The molecule has 0 heterocycles. The van der Waals surface area contributed by atoms with Gasteiger partial charge in [0.15, 0.2) is 0 Å². The molecule has 2 heteroatoms. The van der Waals surface area contributed by atoms with Gasteiger partial charge in [0.1, 0.15) is 5.94 Å². The summed E-state index contributed by atoms with van der Waals surface area (Å²) >= 11 is 0. The van der Waals surface area contributed by atoms with E-state index in [1.54, 1.807) is 26.7 Å². The zero-order valence-electron chi connectivity index (χ0n) is 5.51. The summed E-state index contributed by atoms with van der Waals surface area (Å²) in [6, 6.07) is 0. The highest BCUT2D eigenvalue weighted by molar-refractivity contribution is 5.43. The van der Waals surface area contributed by atoms with Crippen LogP contribution in [0, 0.1) is 0 Å². The minimum atomic E-state index is -0.167. The van der Waals surface area contributed by atoms with Gasteiger partial charge in [-0.1, -0.05) is 0 Å². The normalized spacial score (nSPS) is 6.62. The van der Waals surface area contributed by atoms with Crippen LogP contribution in [0.25, 0.3) is 0 Å². The van der Waals surface area contributed by atoms with Crippen LogP contribution in [0.1, 0.15) is 20.8 Å². The molecule has 0 radical (unpaired) electrons. The zero-order valence-corrected chi connectivity index (χ0v) is 5.51. The minimum Gasteiger partial charge on any atom is -0.394 e. The van der Waals surface area contributed by atoms with E-state index in [4.69, 9.17) is 9.90 Å². The van der Waals surface area contributed by atoms with E-state index >= 15 is 0 Å². The maximum Gasteiger partial charge on any atom is 0.119 e. The van der Waals surface area contributed by atoms with Gasteiger partial charge in [-0.15, -0.1) is 0 Å². The monoisotopic (exact) mass is 116 g/mol. The largest absolute Gasteiger partial charge is 0.394 e. The van der Waals surface area contributed by atoms with E-state index in [1.807, 2.05) is 0 Å². The second-order valence-corrected chi connectivity index (χ2v) is 1.50. The number of hydrogen-bond acceptors (Lipinski definition) is 2. The molecule has 2 nitrogen and oxygen atoms in total. The van der Waals surface area contributed by atoms with Crippen molar-refractivity contribution in [1.82, 2.24) is 0 Å². The summed E-state index contributed by atoms with van der Waals surface area (Å²) in [5.74, 6) is 1.56. The molecule has 0 saturated carbocycles. The number of rotatable bonds is 0. The van der Waals surface area contributed by atoms with Crippen LogP contribution in [0.3, 0.4) is 0 Å². The van der Waals surface area contributed by atoms with Crippen LogP contribution in [0.2, 0.25) is 0 Å². The van der Waals surface area contributed by atoms with Gasteiger partial charge in [-0.05, 0) is 26.8 Å². The summed E-state index contributed by atoms with van der Waals surface area (Å²) in [4.78, 5) is 8.99. The predicted octanol–water partition coefficient (Wildman–Crippen LogP) is 0.781. The molecule has 0 atom stereocenters. The molecule has 48 valence electrons. The first-order valence-electron chi connectivity index (χ1n) is 2.48. The quantitative estimate of drug-likeness (QED) is 0.475. The van der Waals surface area contributed by atoms with Crippen LogP contribution < -0.4 is 0 Å². The lowest BCUT2D eigenvalue weighted by Gasteiger charge is -1.80. The maximum absolute atomic E-state index is 8.99. The topological polar surface area (TPSA) is 37.3 Å². The summed E-state index contributed by atoms with van der Waals surface area (Å²) in [7, 11) is 0. The van der Waals surface area contributed by atoms with Crippen molar-refractivity contribution in [2.45, 2.75) is 26.9 Å². The molecular weight excluding hydrogens is 104 g/mol. The molecule has 0 saturated heterocycles.